The molecule has 2 saturated heterocycles. The summed E-state index contributed by atoms with van der Waals surface area (Å²) in [5, 5.41) is 3.45. The average Bonchev–Trinajstić information content (AvgIpc) is 2.77. The van der Waals surface area contributed by atoms with Crippen LogP contribution in [0, 0.1) is 11.6 Å². The summed E-state index contributed by atoms with van der Waals surface area (Å²) in [6, 6.07) is 3.29. The van der Waals surface area contributed by atoms with E-state index in [4.69, 9.17) is 12.2 Å². The Hall–Kier alpha value is -1.31. The summed E-state index contributed by atoms with van der Waals surface area (Å²) < 4.78 is 27.1. The van der Waals surface area contributed by atoms with Gasteiger partial charge in [0.25, 0.3) is 5.91 Å². The highest BCUT2D eigenvalue weighted by atomic mass is 32.2. The molecule has 0 atom stereocenters. The van der Waals surface area contributed by atoms with Gasteiger partial charge in [0, 0.05) is 24.7 Å². The van der Waals surface area contributed by atoms with Crippen LogP contribution in [0.3, 0.4) is 0 Å². The fourth-order valence-corrected chi connectivity index (χ4v) is 3.84. The van der Waals surface area contributed by atoms with Crippen molar-refractivity contribution < 1.29 is 13.6 Å². The predicted octanol–water partition coefficient (Wildman–Crippen LogP) is 3.57. The number of thioether (sulfide) groups is 1. The first-order valence-electron chi connectivity index (χ1n) is 7.04. The van der Waals surface area contributed by atoms with Crippen LogP contribution in [-0.2, 0) is 4.79 Å². The number of hydrogen-bond donors (Lipinski definition) is 0. The second-order valence-corrected chi connectivity index (χ2v) is 6.85. The highest BCUT2D eigenvalue weighted by molar-refractivity contribution is 8.26. The number of carbonyl (C=O) groups is 1. The molecule has 2 heterocycles. The van der Waals surface area contributed by atoms with Gasteiger partial charge in [-0.15, -0.1) is 0 Å². The van der Waals surface area contributed by atoms with Crippen LogP contribution in [0.5, 0.6) is 0 Å². The largest absolute Gasteiger partial charge is 0.280 e. The van der Waals surface area contributed by atoms with Gasteiger partial charge in [-0.05, 0) is 31.1 Å². The lowest BCUT2D eigenvalue weighted by Crippen LogP contribution is -2.47. The van der Waals surface area contributed by atoms with Crippen molar-refractivity contribution in [3.05, 3.63) is 40.3 Å². The molecule has 0 unspecified atom stereocenters. The van der Waals surface area contributed by atoms with Gasteiger partial charge >= 0.3 is 0 Å². The van der Waals surface area contributed by atoms with Crippen molar-refractivity contribution in [2.45, 2.75) is 19.3 Å². The molecule has 0 saturated carbocycles. The molecule has 0 radical (unpaired) electrons. The van der Waals surface area contributed by atoms with Crippen molar-refractivity contribution in [1.82, 2.24) is 10.0 Å². The van der Waals surface area contributed by atoms with Crippen molar-refractivity contribution in [3.63, 3.8) is 0 Å². The summed E-state index contributed by atoms with van der Waals surface area (Å²) in [5.41, 5.74) is 0.181. The van der Waals surface area contributed by atoms with Crippen LogP contribution < -0.4 is 0 Å². The van der Waals surface area contributed by atoms with Gasteiger partial charge in [-0.2, -0.15) is 0 Å². The molecular weight excluding hydrogens is 326 g/mol. The number of halogens is 2. The van der Waals surface area contributed by atoms with E-state index in [0.717, 1.165) is 50.2 Å². The Labute approximate surface area is 136 Å². The van der Waals surface area contributed by atoms with E-state index >= 15 is 0 Å². The average molecular weight is 340 g/mol. The van der Waals surface area contributed by atoms with E-state index in [0.29, 0.717) is 9.23 Å². The van der Waals surface area contributed by atoms with Gasteiger partial charge in [0.05, 0.1) is 4.91 Å². The number of amides is 1. The maximum Gasteiger partial charge on any atom is 0.280 e. The summed E-state index contributed by atoms with van der Waals surface area (Å²) in [4.78, 5) is 12.9. The van der Waals surface area contributed by atoms with E-state index in [-0.39, 0.29) is 11.5 Å². The zero-order chi connectivity index (χ0) is 15.7. The Bertz CT molecular complexity index is 657. The van der Waals surface area contributed by atoms with Crippen LogP contribution in [0.25, 0.3) is 6.08 Å². The molecular formula is C15H14F2N2OS2. The van der Waals surface area contributed by atoms with Crippen molar-refractivity contribution in [2.24, 2.45) is 0 Å². The number of rotatable bonds is 2. The molecule has 0 aromatic heterocycles. The number of hydrazine groups is 1. The third kappa shape index (κ3) is 3.06. The number of hydrogen-bond acceptors (Lipinski definition) is 4. The Morgan fingerprint density at radius 1 is 1.18 bits per heavy atom. The lowest BCUT2D eigenvalue weighted by molar-refractivity contribution is -0.134. The highest BCUT2D eigenvalue weighted by Gasteiger charge is 2.36. The molecule has 2 fully saturated rings. The van der Waals surface area contributed by atoms with Crippen molar-refractivity contribution >= 4 is 40.3 Å². The zero-order valence-corrected chi connectivity index (χ0v) is 13.4. The third-order valence-corrected chi connectivity index (χ3v) is 4.92. The van der Waals surface area contributed by atoms with Crippen molar-refractivity contribution in [1.29, 1.82) is 0 Å². The fourth-order valence-electron chi connectivity index (χ4n) is 2.54. The van der Waals surface area contributed by atoms with Gasteiger partial charge < -0.3 is 0 Å². The van der Waals surface area contributed by atoms with Crippen LogP contribution in [0.1, 0.15) is 24.8 Å². The molecule has 1 aromatic carbocycles. The molecule has 1 aromatic rings. The minimum absolute atomic E-state index is 0.181. The minimum Gasteiger partial charge on any atom is -0.267 e. The molecule has 22 heavy (non-hydrogen) atoms. The predicted molar refractivity (Wildman–Crippen MR) is 86.8 cm³/mol. The molecule has 3 rings (SSSR count). The van der Waals surface area contributed by atoms with Gasteiger partial charge in [-0.25, -0.2) is 18.8 Å². The van der Waals surface area contributed by atoms with E-state index in [1.165, 1.54) is 23.2 Å². The quantitative estimate of drug-likeness (QED) is 0.607. The normalized spacial score (nSPS) is 21.9. The van der Waals surface area contributed by atoms with Crippen molar-refractivity contribution in [2.75, 3.05) is 13.1 Å². The number of piperidine rings is 1. The first-order valence-corrected chi connectivity index (χ1v) is 8.26. The number of carbonyl (C=O) groups excluding carboxylic acids is 1. The topological polar surface area (TPSA) is 23.6 Å². The molecule has 2 aliphatic rings. The van der Waals surface area contributed by atoms with E-state index < -0.39 is 11.6 Å². The monoisotopic (exact) mass is 340 g/mol. The number of thiocarbonyl (C=S) groups is 1. The Kier molecular flexibility index (Phi) is 4.56. The number of benzene rings is 1. The maximum absolute atomic E-state index is 13.7. The molecule has 0 spiro atoms. The summed E-state index contributed by atoms with van der Waals surface area (Å²) in [5.74, 6) is -1.57. The van der Waals surface area contributed by atoms with Crippen LogP contribution >= 0.6 is 24.0 Å². The first-order chi connectivity index (χ1) is 10.6. The molecule has 0 aliphatic carbocycles. The second-order valence-electron chi connectivity index (χ2n) is 5.17. The van der Waals surface area contributed by atoms with E-state index in [2.05, 4.69) is 0 Å². The minimum atomic E-state index is -0.691. The Balaban J connectivity index is 1.85. The molecule has 3 nitrogen and oxygen atoms in total. The van der Waals surface area contributed by atoms with Crippen LogP contribution in [0.2, 0.25) is 0 Å². The summed E-state index contributed by atoms with van der Waals surface area (Å²) in [6.07, 6.45) is 4.64. The van der Waals surface area contributed by atoms with E-state index in [1.54, 1.807) is 0 Å². The SMILES string of the molecule is O=C1/C(=C\c2ccc(F)cc2F)SC(=S)N1N1CCCCC1. The standard InChI is InChI=1S/C15H14F2N2OS2/c16-11-5-4-10(12(17)9-11)8-13-14(20)19(15(21)22-13)18-6-2-1-3-7-18/h4-5,8-9H,1-3,6-7H2/b13-8+. The van der Waals surface area contributed by atoms with Gasteiger partial charge in [0.2, 0.25) is 0 Å². The van der Waals surface area contributed by atoms with E-state index in [9.17, 15) is 13.6 Å². The van der Waals surface area contributed by atoms with E-state index in [1.807, 2.05) is 5.01 Å². The van der Waals surface area contributed by atoms with Crippen LogP contribution in [0.4, 0.5) is 8.78 Å². The second kappa shape index (κ2) is 6.44. The number of nitrogens with zero attached hydrogens (tertiary/aromatic N) is 2. The lowest BCUT2D eigenvalue weighted by Gasteiger charge is -2.33. The highest BCUT2D eigenvalue weighted by Crippen LogP contribution is 2.34. The fraction of sp³-hybridized carbons (Fsp3) is 0.333. The van der Waals surface area contributed by atoms with Gasteiger partial charge in [0.15, 0.2) is 4.32 Å². The smallest absolute Gasteiger partial charge is 0.267 e. The zero-order valence-electron chi connectivity index (χ0n) is 11.7. The van der Waals surface area contributed by atoms with Gasteiger partial charge in [-0.3, -0.25) is 4.79 Å². The Morgan fingerprint density at radius 2 is 1.91 bits per heavy atom. The lowest BCUT2D eigenvalue weighted by atomic mass is 10.1. The van der Waals surface area contributed by atoms with Gasteiger partial charge in [0.1, 0.15) is 11.6 Å². The summed E-state index contributed by atoms with van der Waals surface area (Å²) in [7, 11) is 0. The molecule has 0 N–H and O–H groups in total. The molecule has 7 heteroatoms. The maximum atomic E-state index is 13.7. The Morgan fingerprint density at radius 3 is 2.59 bits per heavy atom. The summed E-state index contributed by atoms with van der Waals surface area (Å²) in [6.45, 7) is 1.59. The third-order valence-electron chi connectivity index (χ3n) is 3.64. The molecule has 116 valence electrons. The van der Waals surface area contributed by atoms with Crippen LogP contribution in [-0.4, -0.2) is 33.3 Å². The molecule has 0 bridgehead atoms. The molecule has 1 amide bonds. The molecule has 2 aliphatic heterocycles. The first kappa shape index (κ1) is 15.6. The summed E-state index contributed by atoms with van der Waals surface area (Å²) >= 11 is 6.43. The van der Waals surface area contributed by atoms with Crippen molar-refractivity contribution in [3.8, 4) is 0 Å². The van der Waals surface area contributed by atoms with Crippen LogP contribution in [0.15, 0.2) is 23.1 Å². The van der Waals surface area contributed by atoms with Gasteiger partial charge in [-0.1, -0.05) is 30.4 Å².